The van der Waals surface area contributed by atoms with E-state index in [0.29, 0.717) is 16.8 Å². The molecule has 1 heterocycles. The van der Waals surface area contributed by atoms with Crippen molar-refractivity contribution in [2.45, 2.75) is 38.5 Å². The van der Waals surface area contributed by atoms with Crippen molar-refractivity contribution >= 4 is 0 Å². The van der Waals surface area contributed by atoms with Gasteiger partial charge in [0.15, 0.2) is 0 Å². The molecule has 4 aromatic carbocycles. The predicted octanol–water partition coefficient (Wildman–Crippen LogP) is 11.1. The standard InChI is InChI=1S/C35H27F6N/c1-33(2,3)24-20-27(25-10-4-6-12-29(25)34(36,37)38)32(23-17-15-22(16-18-23)31-14-8-9-19-42-31)28(21-24)26-11-5-7-13-30(26)35(39,40)41/h4-21H,1-3H3. The summed E-state index contributed by atoms with van der Waals surface area (Å²) in [7, 11) is 0. The smallest absolute Gasteiger partial charge is 0.256 e. The van der Waals surface area contributed by atoms with Crippen LogP contribution in [0.15, 0.2) is 109 Å². The summed E-state index contributed by atoms with van der Waals surface area (Å²) in [6, 6.07) is 26.1. The molecule has 42 heavy (non-hydrogen) atoms. The molecule has 214 valence electrons. The molecular formula is C35H27F6N. The van der Waals surface area contributed by atoms with E-state index in [0.717, 1.165) is 17.7 Å². The fourth-order valence-corrected chi connectivity index (χ4v) is 5.08. The minimum Gasteiger partial charge on any atom is -0.256 e. The maximum absolute atomic E-state index is 14.3. The molecule has 0 aliphatic heterocycles. The van der Waals surface area contributed by atoms with Crippen LogP contribution in [0.4, 0.5) is 26.3 Å². The molecule has 5 aromatic rings. The van der Waals surface area contributed by atoms with Gasteiger partial charge >= 0.3 is 12.4 Å². The van der Waals surface area contributed by atoms with E-state index in [1.165, 1.54) is 36.4 Å². The molecule has 0 saturated carbocycles. The fourth-order valence-electron chi connectivity index (χ4n) is 5.08. The van der Waals surface area contributed by atoms with Crippen LogP contribution < -0.4 is 0 Å². The van der Waals surface area contributed by atoms with Crippen molar-refractivity contribution in [2.75, 3.05) is 0 Å². The van der Waals surface area contributed by atoms with Gasteiger partial charge in [-0.2, -0.15) is 26.3 Å². The van der Waals surface area contributed by atoms with Gasteiger partial charge in [0.25, 0.3) is 0 Å². The molecule has 0 amide bonds. The van der Waals surface area contributed by atoms with Crippen LogP contribution >= 0.6 is 0 Å². The molecule has 5 rings (SSSR count). The van der Waals surface area contributed by atoms with Gasteiger partial charge in [-0.15, -0.1) is 0 Å². The highest BCUT2D eigenvalue weighted by atomic mass is 19.4. The quantitative estimate of drug-likeness (QED) is 0.194. The largest absolute Gasteiger partial charge is 0.417 e. The molecule has 0 aliphatic rings. The number of halogens is 6. The number of benzene rings is 4. The first-order valence-corrected chi connectivity index (χ1v) is 13.3. The van der Waals surface area contributed by atoms with Crippen LogP contribution in [-0.2, 0) is 17.8 Å². The lowest BCUT2D eigenvalue weighted by molar-refractivity contribution is -0.137. The van der Waals surface area contributed by atoms with Crippen molar-refractivity contribution in [2.24, 2.45) is 0 Å². The van der Waals surface area contributed by atoms with Crippen LogP contribution in [0.3, 0.4) is 0 Å². The van der Waals surface area contributed by atoms with Crippen molar-refractivity contribution in [3.05, 3.63) is 126 Å². The highest BCUT2D eigenvalue weighted by molar-refractivity contribution is 5.97. The van der Waals surface area contributed by atoms with E-state index >= 15 is 0 Å². The highest BCUT2D eigenvalue weighted by Gasteiger charge is 2.37. The Labute approximate surface area is 240 Å². The molecular weight excluding hydrogens is 548 g/mol. The molecule has 0 saturated heterocycles. The van der Waals surface area contributed by atoms with E-state index in [2.05, 4.69) is 4.98 Å². The Morgan fingerprint density at radius 2 is 0.952 bits per heavy atom. The molecule has 0 aliphatic carbocycles. The third-order valence-electron chi connectivity index (χ3n) is 7.18. The monoisotopic (exact) mass is 575 g/mol. The maximum Gasteiger partial charge on any atom is 0.417 e. The molecule has 1 aromatic heterocycles. The van der Waals surface area contributed by atoms with Gasteiger partial charge in [0.2, 0.25) is 0 Å². The second kappa shape index (κ2) is 10.8. The summed E-state index contributed by atoms with van der Waals surface area (Å²) in [6.45, 7) is 5.63. The summed E-state index contributed by atoms with van der Waals surface area (Å²) >= 11 is 0. The van der Waals surface area contributed by atoms with Gasteiger partial charge in [-0.05, 0) is 80.8 Å². The Morgan fingerprint density at radius 3 is 1.38 bits per heavy atom. The molecule has 0 atom stereocenters. The van der Waals surface area contributed by atoms with Gasteiger partial charge in [-0.25, -0.2) is 0 Å². The van der Waals surface area contributed by atoms with Gasteiger partial charge < -0.3 is 0 Å². The first kappa shape index (κ1) is 29.1. The van der Waals surface area contributed by atoms with Crippen molar-refractivity contribution in [1.82, 2.24) is 4.98 Å². The number of aromatic nitrogens is 1. The van der Waals surface area contributed by atoms with E-state index in [1.54, 1.807) is 48.7 Å². The molecule has 0 radical (unpaired) electrons. The first-order chi connectivity index (χ1) is 19.7. The normalized spacial score (nSPS) is 12.4. The van der Waals surface area contributed by atoms with Gasteiger partial charge in [0.1, 0.15) is 0 Å². The zero-order chi connectivity index (χ0) is 30.3. The van der Waals surface area contributed by atoms with Gasteiger partial charge in [-0.3, -0.25) is 4.98 Å². The van der Waals surface area contributed by atoms with Crippen molar-refractivity contribution in [1.29, 1.82) is 0 Å². The van der Waals surface area contributed by atoms with E-state index < -0.39 is 28.9 Å². The van der Waals surface area contributed by atoms with Gasteiger partial charge in [0, 0.05) is 11.8 Å². The Kier molecular flexibility index (Phi) is 7.48. The molecule has 0 spiro atoms. The zero-order valence-electron chi connectivity index (χ0n) is 23.1. The van der Waals surface area contributed by atoms with E-state index in [-0.39, 0.29) is 27.8 Å². The SMILES string of the molecule is CC(C)(C)c1cc(-c2ccccc2C(F)(F)F)c(-c2ccc(-c3ccccn3)cc2)c(-c2ccccc2C(F)(F)F)c1. The molecule has 0 unspecified atom stereocenters. The minimum absolute atomic E-state index is 0.106. The van der Waals surface area contributed by atoms with Crippen LogP contribution in [0.1, 0.15) is 37.5 Å². The Balaban J connectivity index is 1.91. The second-order valence-electron chi connectivity index (χ2n) is 11.1. The van der Waals surface area contributed by atoms with Gasteiger partial charge in [-0.1, -0.05) is 87.5 Å². The molecule has 0 fully saturated rings. The van der Waals surface area contributed by atoms with Crippen LogP contribution in [-0.4, -0.2) is 4.98 Å². The second-order valence-corrected chi connectivity index (χ2v) is 11.1. The van der Waals surface area contributed by atoms with Crippen LogP contribution in [0.25, 0.3) is 44.6 Å². The fraction of sp³-hybridized carbons (Fsp3) is 0.171. The topological polar surface area (TPSA) is 12.9 Å². The van der Waals surface area contributed by atoms with E-state index in [9.17, 15) is 26.3 Å². The number of hydrogen-bond acceptors (Lipinski definition) is 1. The van der Waals surface area contributed by atoms with Crippen LogP contribution in [0.5, 0.6) is 0 Å². The average molecular weight is 576 g/mol. The summed E-state index contributed by atoms with van der Waals surface area (Å²) in [5, 5.41) is 0. The van der Waals surface area contributed by atoms with E-state index in [4.69, 9.17) is 0 Å². The zero-order valence-corrected chi connectivity index (χ0v) is 23.1. The Morgan fingerprint density at radius 1 is 0.500 bits per heavy atom. The van der Waals surface area contributed by atoms with Gasteiger partial charge in [0.05, 0.1) is 16.8 Å². The predicted molar refractivity (Wildman–Crippen MR) is 155 cm³/mol. The summed E-state index contributed by atoms with van der Waals surface area (Å²) in [5.74, 6) is 0. The van der Waals surface area contributed by atoms with Crippen molar-refractivity contribution in [3.8, 4) is 44.6 Å². The Bertz CT molecular complexity index is 1630. The van der Waals surface area contributed by atoms with Crippen molar-refractivity contribution in [3.63, 3.8) is 0 Å². The molecule has 0 bridgehead atoms. The number of hydrogen-bond donors (Lipinski definition) is 0. The lowest BCUT2D eigenvalue weighted by Crippen LogP contribution is -2.14. The summed E-state index contributed by atoms with van der Waals surface area (Å²) in [5.41, 5.74) is 0.712. The van der Waals surface area contributed by atoms with E-state index in [1.807, 2.05) is 32.9 Å². The maximum atomic E-state index is 14.3. The summed E-state index contributed by atoms with van der Waals surface area (Å²) < 4.78 is 86.0. The Hall–Kier alpha value is -4.39. The number of nitrogens with zero attached hydrogens (tertiary/aromatic N) is 1. The first-order valence-electron chi connectivity index (χ1n) is 13.3. The number of rotatable bonds is 4. The third kappa shape index (κ3) is 5.82. The summed E-state index contributed by atoms with van der Waals surface area (Å²) in [6.07, 6.45) is -7.72. The highest BCUT2D eigenvalue weighted by Crippen LogP contribution is 2.49. The molecule has 0 N–H and O–H groups in total. The number of alkyl halides is 6. The minimum atomic E-state index is -4.68. The van der Waals surface area contributed by atoms with Crippen molar-refractivity contribution < 1.29 is 26.3 Å². The molecule has 1 nitrogen and oxygen atoms in total. The lowest BCUT2D eigenvalue weighted by Gasteiger charge is -2.27. The third-order valence-corrected chi connectivity index (χ3v) is 7.18. The molecule has 7 heteroatoms. The van der Waals surface area contributed by atoms with Crippen LogP contribution in [0.2, 0.25) is 0 Å². The van der Waals surface area contributed by atoms with Crippen LogP contribution in [0, 0.1) is 0 Å². The average Bonchev–Trinajstić information content (AvgIpc) is 2.96. The number of pyridine rings is 1. The summed E-state index contributed by atoms with van der Waals surface area (Å²) in [4.78, 5) is 4.35. The lowest BCUT2D eigenvalue weighted by atomic mass is 9.78.